The Labute approximate surface area is 193 Å². The van der Waals surface area contributed by atoms with Gasteiger partial charge in [-0.05, 0) is 35.9 Å². The highest BCUT2D eigenvalue weighted by atomic mass is 16.5. The number of anilines is 1. The SMILES string of the molecule is c1cc2cc(c1)-c1cccc3[nH]c(nc13)-c1n[nH]c3ccc(nc13)-c1cncc(n1)NCCO2. The smallest absolute Gasteiger partial charge is 0.161 e. The van der Waals surface area contributed by atoms with E-state index in [-0.39, 0.29) is 0 Å². The fourth-order valence-corrected chi connectivity index (χ4v) is 4.26. The molecule has 0 atom stereocenters. The predicted molar refractivity (Wildman–Crippen MR) is 129 cm³/mol. The summed E-state index contributed by atoms with van der Waals surface area (Å²) in [5, 5.41) is 10.9. The van der Waals surface area contributed by atoms with E-state index in [4.69, 9.17) is 14.7 Å². The summed E-state index contributed by atoms with van der Waals surface area (Å²) in [7, 11) is 0. The van der Waals surface area contributed by atoms with Crippen LogP contribution in [0.2, 0.25) is 0 Å². The van der Waals surface area contributed by atoms with Crippen LogP contribution in [0.25, 0.3) is 56.1 Å². The molecule has 0 fully saturated rings. The lowest BCUT2D eigenvalue weighted by atomic mass is 10.0. The third kappa shape index (κ3) is 3.06. The van der Waals surface area contributed by atoms with E-state index in [1.807, 2.05) is 42.5 Å². The van der Waals surface area contributed by atoms with Gasteiger partial charge in [-0.25, -0.2) is 15.0 Å². The topological polar surface area (TPSA) is 117 Å². The molecular formula is C25H18N8O. The molecule has 0 unspecified atom stereocenters. The molecule has 0 radical (unpaired) electrons. The second-order valence-electron chi connectivity index (χ2n) is 8.04. The lowest BCUT2D eigenvalue weighted by Crippen LogP contribution is -2.12. The summed E-state index contributed by atoms with van der Waals surface area (Å²) in [5.41, 5.74) is 7.39. The first-order valence-corrected chi connectivity index (χ1v) is 11.0. The number of pyridine rings is 1. The number of aromatic amines is 2. The molecule has 4 aromatic heterocycles. The molecule has 34 heavy (non-hydrogen) atoms. The summed E-state index contributed by atoms with van der Waals surface area (Å²) in [4.78, 5) is 22.2. The Hall–Kier alpha value is -4.79. The largest absolute Gasteiger partial charge is 0.492 e. The number of hydrogen-bond acceptors (Lipinski definition) is 7. The third-order valence-corrected chi connectivity index (χ3v) is 5.86. The number of aromatic nitrogens is 7. The summed E-state index contributed by atoms with van der Waals surface area (Å²) in [6.07, 6.45) is 3.39. The molecule has 5 heterocycles. The van der Waals surface area contributed by atoms with E-state index in [0.29, 0.717) is 41.9 Å². The average molecular weight is 446 g/mol. The van der Waals surface area contributed by atoms with Crippen LogP contribution in [0.4, 0.5) is 5.82 Å². The Morgan fingerprint density at radius 1 is 0.824 bits per heavy atom. The Kier molecular flexibility index (Phi) is 4.07. The van der Waals surface area contributed by atoms with E-state index in [9.17, 15) is 0 Å². The van der Waals surface area contributed by atoms with Crippen LogP contribution in [0.15, 0.2) is 67.0 Å². The first kappa shape index (κ1) is 18.8. The summed E-state index contributed by atoms with van der Waals surface area (Å²) in [5.74, 6) is 2.10. The van der Waals surface area contributed by atoms with Crippen molar-refractivity contribution in [3.05, 3.63) is 67.0 Å². The molecule has 0 aliphatic carbocycles. The number of benzene rings is 2. The van der Waals surface area contributed by atoms with Gasteiger partial charge in [-0.2, -0.15) is 5.10 Å². The summed E-state index contributed by atoms with van der Waals surface area (Å²) in [6, 6.07) is 18.0. The van der Waals surface area contributed by atoms with Crippen LogP contribution in [0.1, 0.15) is 0 Å². The van der Waals surface area contributed by atoms with Gasteiger partial charge in [0.25, 0.3) is 0 Å². The number of fused-ring (bicyclic) bond motifs is 9. The van der Waals surface area contributed by atoms with Gasteiger partial charge in [-0.3, -0.25) is 10.1 Å². The van der Waals surface area contributed by atoms with Gasteiger partial charge in [0.2, 0.25) is 0 Å². The van der Waals surface area contributed by atoms with Gasteiger partial charge in [0.05, 0.1) is 41.2 Å². The van der Waals surface area contributed by atoms with Crippen molar-refractivity contribution in [2.45, 2.75) is 0 Å². The molecule has 0 saturated heterocycles. The molecular weight excluding hydrogens is 428 g/mol. The van der Waals surface area contributed by atoms with Crippen LogP contribution in [-0.2, 0) is 0 Å². The van der Waals surface area contributed by atoms with E-state index < -0.39 is 0 Å². The van der Waals surface area contributed by atoms with Gasteiger partial charge in [0.1, 0.15) is 29.4 Å². The fourth-order valence-electron chi connectivity index (χ4n) is 4.26. The maximum atomic E-state index is 5.99. The average Bonchev–Trinajstić information content (AvgIpc) is 3.50. The van der Waals surface area contributed by atoms with Gasteiger partial charge < -0.3 is 15.0 Å². The van der Waals surface area contributed by atoms with E-state index in [0.717, 1.165) is 38.9 Å². The van der Waals surface area contributed by atoms with Gasteiger partial charge in [-0.15, -0.1) is 0 Å². The molecule has 0 amide bonds. The highest BCUT2D eigenvalue weighted by Crippen LogP contribution is 2.33. The lowest BCUT2D eigenvalue weighted by molar-refractivity contribution is 0.333. The minimum atomic E-state index is 0.481. The van der Waals surface area contributed by atoms with E-state index >= 15 is 0 Å². The van der Waals surface area contributed by atoms with Crippen LogP contribution < -0.4 is 10.1 Å². The second kappa shape index (κ2) is 7.38. The molecule has 6 aromatic rings. The summed E-state index contributed by atoms with van der Waals surface area (Å²) in [6.45, 7) is 1.06. The van der Waals surface area contributed by atoms with Crippen molar-refractivity contribution >= 4 is 27.9 Å². The number of H-pyrrole nitrogens is 2. The van der Waals surface area contributed by atoms with Crippen molar-refractivity contribution in [1.29, 1.82) is 0 Å². The highest BCUT2D eigenvalue weighted by Gasteiger charge is 2.17. The van der Waals surface area contributed by atoms with Crippen molar-refractivity contribution in [1.82, 2.24) is 35.1 Å². The minimum absolute atomic E-state index is 0.481. The Morgan fingerprint density at radius 2 is 1.79 bits per heavy atom. The molecule has 1 aliphatic heterocycles. The summed E-state index contributed by atoms with van der Waals surface area (Å²) >= 11 is 0. The summed E-state index contributed by atoms with van der Waals surface area (Å²) < 4.78 is 5.99. The van der Waals surface area contributed by atoms with Gasteiger partial charge >= 0.3 is 0 Å². The molecule has 8 bridgehead atoms. The zero-order chi connectivity index (χ0) is 22.5. The van der Waals surface area contributed by atoms with Crippen molar-refractivity contribution in [3.8, 4) is 39.8 Å². The Morgan fingerprint density at radius 3 is 2.79 bits per heavy atom. The van der Waals surface area contributed by atoms with E-state index in [2.05, 4.69) is 42.6 Å². The van der Waals surface area contributed by atoms with Gasteiger partial charge in [0.15, 0.2) is 11.5 Å². The lowest BCUT2D eigenvalue weighted by Gasteiger charge is -2.10. The third-order valence-electron chi connectivity index (χ3n) is 5.86. The zero-order valence-corrected chi connectivity index (χ0v) is 17.9. The minimum Gasteiger partial charge on any atom is -0.492 e. The maximum absolute atomic E-state index is 5.99. The number of ether oxygens (including phenoxy) is 1. The van der Waals surface area contributed by atoms with Crippen molar-refractivity contribution in [3.63, 3.8) is 0 Å². The van der Waals surface area contributed by atoms with Crippen LogP contribution in [-0.4, -0.2) is 48.3 Å². The molecule has 164 valence electrons. The number of nitrogens with one attached hydrogen (secondary N) is 3. The van der Waals surface area contributed by atoms with Crippen LogP contribution in [0.5, 0.6) is 5.75 Å². The number of imidazole rings is 1. The number of para-hydroxylation sites is 1. The second-order valence-corrected chi connectivity index (χ2v) is 8.04. The molecule has 0 saturated carbocycles. The molecule has 2 aromatic carbocycles. The van der Waals surface area contributed by atoms with Crippen LogP contribution in [0, 0.1) is 0 Å². The van der Waals surface area contributed by atoms with Crippen molar-refractivity contribution in [2.24, 2.45) is 0 Å². The molecule has 0 spiro atoms. The van der Waals surface area contributed by atoms with Crippen LogP contribution in [0.3, 0.4) is 0 Å². The first-order chi connectivity index (χ1) is 16.8. The number of nitrogens with zero attached hydrogens (tertiary/aromatic N) is 5. The Balaban J connectivity index is 1.47. The van der Waals surface area contributed by atoms with Crippen molar-refractivity contribution in [2.75, 3.05) is 18.5 Å². The van der Waals surface area contributed by atoms with Gasteiger partial charge in [0, 0.05) is 5.56 Å². The van der Waals surface area contributed by atoms with Crippen molar-refractivity contribution < 1.29 is 4.74 Å². The first-order valence-electron chi connectivity index (χ1n) is 11.0. The Bertz CT molecular complexity index is 1690. The molecule has 7 rings (SSSR count). The fraction of sp³-hybridized carbons (Fsp3) is 0.0800. The van der Waals surface area contributed by atoms with Gasteiger partial charge in [-0.1, -0.05) is 24.3 Å². The highest BCUT2D eigenvalue weighted by molar-refractivity contribution is 5.96. The van der Waals surface area contributed by atoms with E-state index in [1.54, 1.807) is 12.4 Å². The number of hydrogen-bond donors (Lipinski definition) is 3. The van der Waals surface area contributed by atoms with E-state index in [1.165, 1.54) is 0 Å². The molecule has 9 heteroatoms. The van der Waals surface area contributed by atoms with Crippen LogP contribution >= 0.6 is 0 Å². The normalized spacial score (nSPS) is 12.9. The molecule has 9 nitrogen and oxygen atoms in total. The predicted octanol–water partition coefficient (Wildman–Crippen LogP) is 4.43. The molecule has 1 aliphatic rings. The standard InChI is InChI=1S/C25H18N8O/c1-3-14-11-15(4-1)34-10-9-27-21-13-26-12-20(28-21)17-7-8-19-23(29-17)24(33-32-19)25-30-18-6-2-5-16(14)22(18)31-25/h1-8,11-13H,9-10H2,(H,27,28)(H,30,31)(H,32,33). The zero-order valence-electron chi connectivity index (χ0n) is 17.9. The molecule has 3 N–H and O–H groups in total. The monoisotopic (exact) mass is 446 g/mol. The number of rotatable bonds is 0. The maximum Gasteiger partial charge on any atom is 0.161 e. The quantitative estimate of drug-likeness (QED) is 0.316.